The second-order valence-electron chi connectivity index (χ2n) is 7.93. The van der Waals surface area contributed by atoms with E-state index in [2.05, 4.69) is 5.73 Å². The van der Waals surface area contributed by atoms with Crippen molar-refractivity contribution in [3.05, 3.63) is 109 Å². The lowest BCUT2D eigenvalue weighted by Gasteiger charge is -2.14. The number of aliphatic hydroxyl groups excluding tert-OH is 2. The van der Waals surface area contributed by atoms with E-state index in [-0.39, 0.29) is 36.6 Å². The second kappa shape index (κ2) is 13.1. The van der Waals surface area contributed by atoms with Crippen LogP contribution in [-0.2, 0) is 0 Å². The van der Waals surface area contributed by atoms with Crippen molar-refractivity contribution >= 4 is 28.3 Å². The molecule has 36 heavy (non-hydrogen) atoms. The first-order chi connectivity index (χ1) is 17.3. The molecular weight excluding hydrogens is 577 g/mol. The van der Waals surface area contributed by atoms with Crippen molar-refractivity contribution in [2.45, 2.75) is 25.0 Å². The normalized spacial score (nSPS) is 12.2. The van der Waals surface area contributed by atoms with Crippen LogP contribution in [0, 0.1) is 13.7 Å². The minimum Gasteiger partial charge on any atom is -0.504 e. The molecular formula is C27H26INO7. The quantitative estimate of drug-likeness (QED) is 0.113. The van der Waals surface area contributed by atoms with Crippen molar-refractivity contribution in [3.63, 3.8) is 0 Å². The molecule has 3 aromatic rings. The smallest absolute Gasteiger partial charge is 0.269 e. The van der Waals surface area contributed by atoms with Gasteiger partial charge in [0.2, 0.25) is 0 Å². The highest BCUT2D eigenvalue weighted by Crippen LogP contribution is 2.35. The molecule has 8 nitrogen and oxygen atoms in total. The molecule has 3 rings (SSSR count). The van der Waals surface area contributed by atoms with Crippen molar-refractivity contribution in [2.75, 3.05) is 13.7 Å². The van der Waals surface area contributed by atoms with Gasteiger partial charge in [0.15, 0.2) is 11.5 Å². The highest BCUT2D eigenvalue weighted by atomic mass is 127. The molecule has 0 fully saturated rings. The molecule has 9 heteroatoms. The van der Waals surface area contributed by atoms with Crippen LogP contribution in [0.25, 0.3) is 0 Å². The van der Waals surface area contributed by atoms with E-state index in [0.717, 1.165) is 0 Å². The Labute approximate surface area is 222 Å². The van der Waals surface area contributed by atoms with E-state index in [1.807, 2.05) is 52.9 Å². The SMILES string of the molecule is COc1cc([C@H](O)CC=C=C(COc2ccccc2)C[C@@H](O)c2ccc([N+](=O)[O-])cc2)cc(I)c1O. The fourth-order valence-corrected chi connectivity index (χ4v) is 4.03. The third-order valence-electron chi connectivity index (χ3n) is 5.39. The topological polar surface area (TPSA) is 122 Å². The maximum Gasteiger partial charge on any atom is 0.269 e. The molecule has 3 aromatic carbocycles. The Morgan fingerprint density at radius 1 is 1.08 bits per heavy atom. The Bertz CT molecular complexity index is 1240. The van der Waals surface area contributed by atoms with Crippen molar-refractivity contribution in [3.8, 4) is 17.2 Å². The average Bonchev–Trinajstić information content (AvgIpc) is 2.89. The monoisotopic (exact) mass is 603 g/mol. The lowest BCUT2D eigenvalue weighted by atomic mass is 10.0. The zero-order valence-electron chi connectivity index (χ0n) is 19.5. The number of methoxy groups -OCH3 is 1. The first-order valence-electron chi connectivity index (χ1n) is 11.1. The first kappa shape index (κ1) is 27.2. The van der Waals surface area contributed by atoms with Crippen LogP contribution < -0.4 is 9.47 Å². The van der Waals surface area contributed by atoms with Gasteiger partial charge in [-0.25, -0.2) is 0 Å². The van der Waals surface area contributed by atoms with Gasteiger partial charge in [-0.1, -0.05) is 18.2 Å². The maximum atomic E-state index is 10.9. The van der Waals surface area contributed by atoms with Gasteiger partial charge in [-0.05, 0) is 76.2 Å². The summed E-state index contributed by atoms with van der Waals surface area (Å²) < 4.78 is 11.6. The van der Waals surface area contributed by atoms with E-state index in [4.69, 9.17) is 9.47 Å². The molecule has 0 amide bonds. The number of phenols is 1. The van der Waals surface area contributed by atoms with Crippen molar-refractivity contribution in [2.24, 2.45) is 0 Å². The molecule has 0 aliphatic carbocycles. The van der Waals surface area contributed by atoms with Crippen LogP contribution >= 0.6 is 22.6 Å². The van der Waals surface area contributed by atoms with Gasteiger partial charge in [0.05, 0.1) is 27.8 Å². The molecule has 0 saturated carbocycles. The number of aromatic hydroxyl groups is 1. The maximum absolute atomic E-state index is 10.9. The summed E-state index contributed by atoms with van der Waals surface area (Å²) in [5, 5.41) is 42.3. The Morgan fingerprint density at radius 3 is 2.42 bits per heavy atom. The molecule has 3 N–H and O–H groups in total. The number of para-hydroxylation sites is 1. The third-order valence-corrected chi connectivity index (χ3v) is 6.21. The predicted molar refractivity (Wildman–Crippen MR) is 143 cm³/mol. The molecule has 0 spiro atoms. The third kappa shape index (κ3) is 7.56. The Kier molecular flexibility index (Phi) is 9.89. The second-order valence-corrected chi connectivity index (χ2v) is 9.09. The molecule has 0 saturated heterocycles. The molecule has 0 heterocycles. The number of rotatable bonds is 11. The standard InChI is InChI=1S/C27H26INO7/c1-35-26-16-20(15-23(28)27(26)32)24(30)9-5-6-18(17-36-22-7-3-2-4-8-22)14-25(31)19-10-12-21(13-11-19)29(33)34/h2-5,7-8,10-13,15-16,24-25,30-32H,9,14,17H2,1H3/t6?,24-,25-/m1/s1. The number of hydrogen-bond acceptors (Lipinski definition) is 7. The minimum atomic E-state index is -0.922. The Hall–Kier alpha value is -3.37. The highest BCUT2D eigenvalue weighted by molar-refractivity contribution is 14.1. The molecule has 2 atom stereocenters. The molecule has 188 valence electrons. The molecule has 0 bridgehead atoms. The summed E-state index contributed by atoms with van der Waals surface area (Å²) in [5.74, 6) is 0.955. The zero-order chi connectivity index (χ0) is 26.1. The van der Waals surface area contributed by atoms with E-state index in [1.165, 1.54) is 31.4 Å². The molecule has 0 unspecified atom stereocenters. The van der Waals surface area contributed by atoms with Crippen LogP contribution in [-0.4, -0.2) is 34.0 Å². The van der Waals surface area contributed by atoms with Gasteiger partial charge in [-0.3, -0.25) is 10.1 Å². The first-order valence-corrected chi connectivity index (χ1v) is 12.1. The van der Waals surface area contributed by atoms with Crippen LogP contribution in [0.15, 0.2) is 84.1 Å². The fourth-order valence-electron chi connectivity index (χ4n) is 3.41. The lowest BCUT2D eigenvalue weighted by Crippen LogP contribution is -2.06. The highest BCUT2D eigenvalue weighted by Gasteiger charge is 2.15. The fraction of sp³-hybridized carbons (Fsp3) is 0.222. The predicted octanol–water partition coefficient (Wildman–Crippen LogP) is 5.62. The van der Waals surface area contributed by atoms with E-state index in [1.54, 1.807) is 18.2 Å². The Balaban J connectivity index is 1.78. The number of non-ortho nitro benzene ring substituents is 1. The van der Waals surface area contributed by atoms with E-state index < -0.39 is 17.1 Å². The summed E-state index contributed by atoms with van der Waals surface area (Å²) >= 11 is 1.97. The summed E-state index contributed by atoms with van der Waals surface area (Å²) in [6, 6.07) is 18.2. The van der Waals surface area contributed by atoms with Crippen LogP contribution in [0.3, 0.4) is 0 Å². The van der Waals surface area contributed by atoms with E-state index in [9.17, 15) is 25.4 Å². The molecule has 0 aliphatic rings. The molecule has 0 radical (unpaired) electrons. The van der Waals surface area contributed by atoms with Crippen LogP contribution in [0.5, 0.6) is 17.2 Å². The van der Waals surface area contributed by atoms with Crippen molar-refractivity contribution < 1.29 is 29.7 Å². The van der Waals surface area contributed by atoms with Crippen LogP contribution in [0.1, 0.15) is 36.2 Å². The van der Waals surface area contributed by atoms with Gasteiger partial charge in [0.25, 0.3) is 5.69 Å². The summed E-state index contributed by atoms with van der Waals surface area (Å²) in [6.07, 6.45) is 0.294. The van der Waals surface area contributed by atoms with Crippen LogP contribution in [0.2, 0.25) is 0 Å². The summed E-state index contributed by atoms with van der Waals surface area (Å²) in [4.78, 5) is 10.4. The number of aliphatic hydroxyl groups is 2. The van der Waals surface area contributed by atoms with E-state index >= 15 is 0 Å². The summed E-state index contributed by atoms with van der Waals surface area (Å²) in [6.45, 7) is 0.158. The van der Waals surface area contributed by atoms with Gasteiger partial charge in [-0.2, -0.15) is 0 Å². The number of nitro groups is 1. The van der Waals surface area contributed by atoms with Gasteiger partial charge < -0.3 is 24.8 Å². The number of nitrogens with zero attached hydrogens (tertiary/aromatic N) is 1. The molecule has 0 aromatic heterocycles. The number of benzene rings is 3. The van der Waals surface area contributed by atoms with Gasteiger partial charge in [-0.15, -0.1) is 5.73 Å². The van der Waals surface area contributed by atoms with Gasteiger partial charge in [0, 0.05) is 30.5 Å². The average molecular weight is 603 g/mol. The van der Waals surface area contributed by atoms with Gasteiger partial charge >= 0.3 is 0 Å². The lowest BCUT2D eigenvalue weighted by molar-refractivity contribution is -0.384. The molecule has 0 aliphatic heterocycles. The number of phenolic OH excluding ortho intramolecular Hbond substituents is 1. The van der Waals surface area contributed by atoms with Gasteiger partial charge in [0.1, 0.15) is 12.4 Å². The zero-order valence-corrected chi connectivity index (χ0v) is 21.7. The number of hydrogen-bond donors (Lipinski definition) is 3. The van der Waals surface area contributed by atoms with Crippen LogP contribution in [0.4, 0.5) is 5.69 Å². The summed E-state index contributed by atoms with van der Waals surface area (Å²) in [5.41, 5.74) is 4.84. The van der Waals surface area contributed by atoms with Crippen molar-refractivity contribution in [1.29, 1.82) is 0 Å². The number of halogens is 1. The Morgan fingerprint density at radius 2 is 1.78 bits per heavy atom. The number of nitro benzene ring substituents is 1. The number of ether oxygens (including phenoxy) is 2. The minimum absolute atomic E-state index is 0.0186. The van der Waals surface area contributed by atoms with Crippen molar-refractivity contribution in [1.82, 2.24) is 0 Å². The largest absolute Gasteiger partial charge is 0.504 e. The summed E-state index contributed by atoms with van der Waals surface area (Å²) in [7, 11) is 1.44. The van der Waals surface area contributed by atoms with E-state index in [0.29, 0.717) is 26.0 Å².